The molecule has 0 unspecified atom stereocenters. The first-order chi connectivity index (χ1) is 20.0. The summed E-state index contributed by atoms with van der Waals surface area (Å²) < 4.78 is 19.9. The van der Waals surface area contributed by atoms with Gasteiger partial charge in [-0.25, -0.2) is 4.79 Å². The molecule has 1 atom stereocenters. The molecule has 9 heteroatoms. The Hall–Kier alpha value is -3.82. The number of hydrogen-bond acceptors (Lipinski definition) is 7. The van der Waals surface area contributed by atoms with E-state index in [1.165, 1.54) is 0 Å². The van der Waals surface area contributed by atoms with Crippen LogP contribution in [0.1, 0.15) is 38.1 Å². The van der Waals surface area contributed by atoms with E-state index in [4.69, 9.17) is 14.2 Å². The van der Waals surface area contributed by atoms with E-state index in [1.54, 1.807) is 35.0 Å². The lowest BCUT2D eigenvalue weighted by molar-refractivity contribution is 0.00475. The number of aromatic nitrogens is 1. The van der Waals surface area contributed by atoms with Gasteiger partial charge in [0.15, 0.2) is 11.5 Å². The summed E-state index contributed by atoms with van der Waals surface area (Å²) in [6.45, 7) is 10.9. The van der Waals surface area contributed by atoms with Gasteiger partial charge < -0.3 is 23.7 Å². The van der Waals surface area contributed by atoms with Crippen LogP contribution in [0.4, 0.5) is 4.79 Å². The summed E-state index contributed by atoms with van der Waals surface area (Å²) in [6.07, 6.45) is 1.63. The largest absolute Gasteiger partial charge is 0.493 e. The zero-order valence-corrected chi connectivity index (χ0v) is 26.0. The Morgan fingerprint density at radius 2 is 1.81 bits per heavy atom. The normalized spacial score (nSPS) is 16.0. The van der Waals surface area contributed by atoms with Crippen LogP contribution in [0.15, 0.2) is 65.6 Å². The van der Waals surface area contributed by atoms with Gasteiger partial charge in [-0.1, -0.05) is 36.4 Å². The van der Waals surface area contributed by atoms with Gasteiger partial charge in [0.2, 0.25) is 0 Å². The van der Waals surface area contributed by atoms with Crippen molar-refractivity contribution in [2.24, 2.45) is 7.05 Å². The number of nitrogens with zero attached hydrogens (tertiary/aromatic N) is 3. The van der Waals surface area contributed by atoms with Crippen LogP contribution in [0.5, 0.6) is 11.5 Å². The molecule has 222 valence electrons. The molecule has 42 heavy (non-hydrogen) atoms. The fourth-order valence-corrected chi connectivity index (χ4v) is 6.41. The number of carbonyl (C=O) groups excluding carboxylic acids is 1. The van der Waals surface area contributed by atoms with Crippen molar-refractivity contribution < 1.29 is 19.0 Å². The molecule has 3 heterocycles. The predicted molar refractivity (Wildman–Crippen MR) is 168 cm³/mol. The minimum absolute atomic E-state index is 0.0203. The fourth-order valence-electron chi connectivity index (χ4n) is 5.20. The summed E-state index contributed by atoms with van der Waals surface area (Å²) >= 11 is 1.65. The number of rotatable bonds is 7. The van der Waals surface area contributed by atoms with Crippen LogP contribution in [0, 0.1) is 0 Å². The lowest BCUT2D eigenvalue weighted by Gasteiger charge is -2.40. The highest BCUT2D eigenvalue weighted by atomic mass is 32.1. The van der Waals surface area contributed by atoms with Crippen LogP contribution in [-0.4, -0.2) is 58.8 Å². The van der Waals surface area contributed by atoms with Gasteiger partial charge in [-0.15, -0.1) is 11.3 Å². The fraction of sp³-hybridized carbons (Fsp3) is 0.394. The molecule has 4 aromatic rings. The summed E-state index contributed by atoms with van der Waals surface area (Å²) in [7, 11) is 3.42. The van der Waals surface area contributed by atoms with Crippen molar-refractivity contribution >= 4 is 27.5 Å². The molecule has 1 amide bonds. The Kier molecular flexibility index (Phi) is 8.61. The summed E-state index contributed by atoms with van der Waals surface area (Å²) in [5.74, 6) is 1.30. The second-order valence-electron chi connectivity index (χ2n) is 11.8. The summed E-state index contributed by atoms with van der Waals surface area (Å²) in [5.41, 5.74) is 2.45. The Bertz CT molecular complexity index is 1620. The number of benzene rings is 2. The van der Waals surface area contributed by atoms with Gasteiger partial charge in [-0.05, 0) is 57.0 Å². The van der Waals surface area contributed by atoms with Crippen molar-refractivity contribution in [1.29, 1.82) is 0 Å². The van der Waals surface area contributed by atoms with E-state index in [0.717, 1.165) is 32.8 Å². The number of piperazine rings is 1. The van der Waals surface area contributed by atoms with Gasteiger partial charge in [0, 0.05) is 60.6 Å². The van der Waals surface area contributed by atoms with Gasteiger partial charge in [0.05, 0.1) is 12.5 Å². The minimum atomic E-state index is -0.517. The molecule has 0 radical (unpaired) electrons. The summed E-state index contributed by atoms with van der Waals surface area (Å²) in [5, 5.41) is 0.706. The predicted octanol–water partition coefficient (Wildman–Crippen LogP) is 6.30. The number of carbonyl (C=O) groups is 1. The minimum Gasteiger partial charge on any atom is -0.493 e. The van der Waals surface area contributed by atoms with E-state index in [0.29, 0.717) is 43.1 Å². The zero-order valence-electron chi connectivity index (χ0n) is 25.2. The van der Waals surface area contributed by atoms with Crippen molar-refractivity contribution in [2.75, 3.05) is 26.7 Å². The monoisotopic (exact) mass is 589 g/mol. The summed E-state index contributed by atoms with van der Waals surface area (Å²) in [4.78, 5) is 31.0. The molecule has 1 saturated heterocycles. The third-order valence-electron chi connectivity index (χ3n) is 7.39. The number of aryl methyl sites for hydroxylation is 1. The van der Waals surface area contributed by atoms with E-state index >= 15 is 0 Å². The van der Waals surface area contributed by atoms with E-state index in [1.807, 2.05) is 81.6 Å². The Morgan fingerprint density at radius 3 is 2.50 bits per heavy atom. The number of pyridine rings is 1. The lowest BCUT2D eigenvalue weighted by atomic mass is 10.1. The second-order valence-corrected chi connectivity index (χ2v) is 12.9. The molecule has 2 aromatic heterocycles. The number of ether oxygens (including phenoxy) is 3. The third kappa shape index (κ3) is 6.63. The molecule has 0 N–H and O–H groups in total. The third-order valence-corrected chi connectivity index (χ3v) is 8.54. The Morgan fingerprint density at radius 1 is 1.05 bits per heavy atom. The van der Waals surface area contributed by atoms with Crippen LogP contribution in [0.25, 0.3) is 21.2 Å². The van der Waals surface area contributed by atoms with E-state index in [-0.39, 0.29) is 17.7 Å². The summed E-state index contributed by atoms with van der Waals surface area (Å²) in [6, 6.07) is 18.1. The van der Waals surface area contributed by atoms with Crippen molar-refractivity contribution in [3.05, 3.63) is 81.6 Å². The molecule has 1 aliphatic heterocycles. The molecular weight excluding hydrogens is 550 g/mol. The maximum atomic E-state index is 13.2. The van der Waals surface area contributed by atoms with Gasteiger partial charge in [0.25, 0.3) is 5.56 Å². The maximum Gasteiger partial charge on any atom is 0.410 e. The molecule has 1 aliphatic rings. The molecule has 0 saturated carbocycles. The average molecular weight is 590 g/mol. The lowest BCUT2D eigenvalue weighted by Crippen LogP contribution is -2.53. The number of amides is 1. The first kappa shape index (κ1) is 29.7. The Labute approximate surface area is 251 Å². The van der Waals surface area contributed by atoms with Crippen molar-refractivity contribution in [3.8, 4) is 22.6 Å². The van der Waals surface area contributed by atoms with Crippen molar-refractivity contribution in [1.82, 2.24) is 14.4 Å². The quantitative estimate of drug-likeness (QED) is 0.252. The van der Waals surface area contributed by atoms with Crippen LogP contribution >= 0.6 is 11.3 Å². The van der Waals surface area contributed by atoms with Gasteiger partial charge in [0.1, 0.15) is 12.2 Å². The first-order valence-electron chi connectivity index (χ1n) is 14.2. The molecule has 5 rings (SSSR count). The highest BCUT2D eigenvalue weighted by molar-refractivity contribution is 7.19. The Balaban J connectivity index is 1.39. The standard InChI is InChI=1S/C33H39N3O5S/c1-22-18-36(32(38)41-33(2,3)4)15-14-35(22)19-25-17-26-30(42-25)27(20-34(5)31(26)37)24-12-13-28(39-6)29(16-24)40-21-23-10-8-7-9-11-23/h7-13,16-17,20,22H,14-15,18-19,21H2,1-6H3/t22-/m0/s1. The van der Waals surface area contributed by atoms with E-state index in [2.05, 4.69) is 11.8 Å². The first-order valence-corrected chi connectivity index (χ1v) is 15.0. The topological polar surface area (TPSA) is 73.2 Å². The van der Waals surface area contributed by atoms with E-state index in [9.17, 15) is 9.59 Å². The van der Waals surface area contributed by atoms with Gasteiger partial charge >= 0.3 is 6.09 Å². The number of methoxy groups -OCH3 is 1. The van der Waals surface area contributed by atoms with Crippen LogP contribution in [0.3, 0.4) is 0 Å². The van der Waals surface area contributed by atoms with Crippen LogP contribution in [-0.2, 0) is 24.9 Å². The smallest absolute Gasteiger partial charge is 0.410 e. The molecule has 0 aliphatic carbocycles. The second kappa shape index (κ2) is 12.2. The van der Waals surface area contributed by atoms with Gasteiger partial charge in [-0.2, -0.15) is 0 Å². The molecule has 2 aromatic carbocycles. The van der Waals surface area contributed by atoms with Crippen LogP contribution < -0.4 is 15.0 Å². The zero-order chi connectivity index (χ0) is 30.0. The van der Waals surface area contributed by atoms with Crippen LogP contribution in [0.2, 0.25) is 0 Å². The highest BCUT2D eigenvalue weighted by Gasteiger charge is 2.30. The van der Waals surface area contributed by atoms with Crippen molar-refractivity contribution in [3.63, 3.8) is 0 Å². The number of fused-ring (bicyclic) bond motifs is 1. The highest BCUT2D eigenvalue weighted by Crippen LogP contribution is 2.38. The average Bonchev–Trinajstić information content (AvgIpc) is 3.38. The maximum absolute atomic E-state index is 13.2. The SMILES string of the molecule is COc1ccc(-c2cn(C)c(=O)c3cc(CN4CCN(C(=O)OC(C)(C)C)C[C@@H]4C)sc23)cc1OCc1ccccc1. The number of thiophene rings is 1. The molecular formula is C33H39N3O5S. The molecule has 0 spiro atoms. The van der Waals surface area contributed by atoms with E-state index < -0.39 is 5.60 Å². The number of hydrogen-bond donors (Lipinski definition) is 0. The molecule has 0 bridgehead atoms. The van der Waals surface area contributed by atoms with Gasteiger partial charge in [-0.3, -0.25) is 9.69 Å². The molecule has 8 nitrogen and oxygen atoms in total. The molecule has 1 fully saturated rings. The van der Waals surface area contributed by atoms with Crippen molar-refractivity contribution in [2.45, 2.75) is 52.5 Å².